The minimum Gasteiger partial charge on any atom is -0.462 e. The lowest BCUT2D eigenvalue weighted by molar-refractivity contribution is -0.161. The van der Waals surface area contributed by atoms with E-state index in [-0.39, 0.29) is 25.9 Å². The molecule has 0 saturated carbocycles. The van der Waals surface area contributed by atoms with Crippen LogP contribution in [0.1, 0.15) is 213 Å². The van der Waals surface area contributed by atoms with Crippen molar-refractivity contribution in [2.24, 2.45) is 0 Å². The van der Waals surface area contributed by atoms with E-state index in [9.17, 15) is 28.9 Å². The molecular formula is C60H99O11P. The van der Waals surface area contributed by atoms with Crippen LogP contribution in [0.15, 0.2) is 109 Å². The van der Waals surface area contributed by atoms with Gasteiger partial charge in [0.25, 0.3) is 0 Å². The van der Waals surface area contributed by atoms with Crippen LogP contribution in [0.25, 0.3) is 0 Å². The Morgan fingerprint density at radius 1 is 0.403 bits per heavy atom. The van der Waals surface area contributed by atoms with Crippen LogP contribution in [0.2, 0.25) is 0 Å². The lowest BCUT2D eigenvalue weighted by Gasteiger charge is -2.21. The van der Waals surface area contributed by atoms with Crippen LogP contribution >= 0.6 is 7.82 Å². The number of esters is 3. The highest BCUT2D eigenvalue weighted by molar-refractivity contribution is 7.47. The molecule has 2 N–H and O–H groups in total. The van der Waals surface area contributed by atoms with Gasteiger partial charge in [0.2, 0.25) is 0 Å². The number of unbranched alkanes of at least 4 members (excludes halogenated alkanes) is 15. The highest BCUT2D eigenvalue weighted by atomic mass is 31.2. The van der Waals surface area contributed by atoms with Gasteiger partial charge in [-0.1, -0.05) is 188 Å². The molecule has 0 spiro atoms. The van der Waals surface area contributed by atoms with Crippen LogP contribution in [0.4, 0.5) is 0 Å². The Kier molecular flexibility index (Phi) is 50.6. The molecule has 0 aliphatic carbocycles. The predicted octanol–water partition coefficient (Wildman–Crippen LogP) is 16.2. The number of rotatable bonds is 50. The van der Waals surface area contributed by atoms with Crippen molar-refractivity contribution in [2.75, 3.05) is 26.4 Å². The monoisotopic (exact) mass is 1030 g/mol. The van der Waals surface area contributed by atoms with Crippen molar-refractivity contribution in [2.45, 2.75) is 226 Å². The van der Waals surface area contributed by atoms with Gasteiger partial charge in [-0.2, -0.15) is 0 Å². The van der Waals surface area contributed by atoms with Crippen molar-refractivity contribution in [3.8, 4) is 0 Å². The third-order valence-corrected chi connectivity index (χ3v) is 12.1. The van der Waals surface area contributed by atoms with Gasteiger partial charge in [0, 0.05) is 19.3 Å². The SMILES string of the molecule is CC/C=C\C/C=C\C/C=C\C/C=C\CCCCCCC(=O)OC(COC(=O)CCCCCCC/C=C\C/C=C\CCC)COP(=O)(O)OCC(CO)OC(=O)CCCCCCC/C=C\C/C=C\C/C=C\CC. The van der Waals surface area contributed by atoms with Gasteiger partial charge >= 0.3 is 25.7 Å². The van der Waals surface area contributed by atoms with Crippen LogP contribution in [-0.4, -0.2) is 66.5 Å². The Bertz CT molecular complexity index is 1620. The largest absolute Gasteiger partial charge is 0.472 e. The second kappa shape index (κ2) is 53.4. The highest BCUT2D eigenvalue weighted by Crippen LogP contribution is 2.43. The molecule has 11 nitrogen and oxygen atoms in total. The molecular weight excluding hydrogens is 928 g/mol. The molecule has 0 aliphatic rings. The van der Waals surface area contributed by atoms with Gasteiger partial charge in [-0.05, 0) is 116 Å². The summed E-state index contributed by atoms with van der Waals surface area (Å²) in [5.41, 5.74) is 0. The van der Waals surface area contributed by atoms with E-state index in [1.165, 1.54) is 0 Å². The Hall–Kier alpha value is -3.86. The van der Waals surface area contributed by atoms with Gasteiger partial charge in [0.1, 0.15) is 12.7 Å². The summed E-state index contributed by atoms with van der Waals surface area (Å²) in [5, 5.41) is 9.80. The van der Waals surface area contributed by atoms with Gasteiger partial charge < -0.3 is 24.2 Å². The summed E-state index contributed by atoms with van der Waals surface area (Å²) >= 11 is 0. The molecule has 12 heteroatoms. The molecule has 3 atom stereocenters. The topological polar surface area (TPSA) is 155 Å². The lowest BCUT2D eigenvalue weighted by Crippen LogP contribution is -2.30. The summed E-state index contributed by atoms with van der Waals surface area (Å²) in [6.07, 6.45) is 63.3. The third kappa shape index (κ3) is 51.1. The number of phosphoric ester groups is 1. The normalized spacial score (nSPS) is 14.2. The number of carbonyl (C=O) groups excluding carboxylic acids is 3. The fourth-order valence-corrected chi connectivity index (χ4v) is 7.77. The number of hydrogen-bond donors (Lipinski definition) is 2. The first-order valence-corrected chi connectivity index (χ1v) is 29.3. The molecule has 0 rings (SSSR count). The van der Waals surface area contributed by atoms with E-state index in [2.05, 4.69) is 130 Å². The average Bonchev–Trinajstić information content (AvgIpc) is 3.37. The molecule has 3 unspecified atom stereocenters. The molecule has 0 saturated heterocycles. The van der Waals surface area contributed by atoms with E-state index in [4.69, 9.17) is 23.3 Å². The first-order valence-electron chi connectivity index (χ1n) is 27.8. The molecule has 0 heterocycles. The molecule has 0 aromatic rings. The second-order valence-electron chi connectivity index (χ2n) is 18.0. The number of ether oxygens (including phenoxy) is 3. The Morgan fingerprint density at radius 3 is 1.11 bits per heavy atom. The number of aliphatic hydroxyl groups is 1. The maximum Gasteiger partial charge on any atom is 0.472 e. The van der Waals surface area contributed by atoms with E-state index >= 15 is 0 Å². The molecule has 0 aromatic heterocycles. The van der Waals surface area contributed by atoms with E-state index in [0.29, 0.717) is 19.3 Å². The number of phosphoric acid groups is 1. The van der Waals surface area contributed by atoms with E-state index < -0.39 is 57.8 Å². The Balaban J connectivity index is 4.81. The van der Waals surface area contributed by atoms with Crippen molar-refractivity contribution >= 4 is 25.7 Å². The summed E-state index contributed by atoms with van der Waals surface area (Å²) in [6.45, 7) is 4.27. The zero-order valence-corrected chi connectivity index (χ0v) is 46.0. The van der Waals surface area contributed by atoms with E-state index in [1.54, 1.807) is 0 Å². The second-order valence-corrected chi connectivity index (χ2v) is 19.4. The Labute approximate surface area is 437 Å². The Morgan fingerprint density at radius 2 is 0.722 bits per heavy atom. The third-order valence-electron chi connectivity index (χ3n) is 11.1. The van der Waals surface area contributed by atoms with Gasteiger partial charge in [-0.3, -0.25) is 23.4 Å². The van der Waals surface area contributed by atoms with Gasteiger partial charge in [-0.25, -0.2) is 4.57 Å². The van der Waals surface area contributed by atoms with Crippen molar-refractivity contribution in [1.82, 2.24) is 0 Å². The smallest absolute Gasteiger partial charge is 0.462 e. The molecule has 0 bridgehead atoms. The quantitative estimate of drug-likeness (QED) is 0.0197. The maximum atomic E-state index is 12.9. The average molecular weight is 1030 g/mol. The minimum absolute atomic E-state index is 0.130. The van der Waals surface area contributed by atoms with Gasteiger partial charge in [0.15, 0.2) is 6.10 Å². The number of hydrogen-bond acceptors (Lipinski definition) is 10. The summed E-state index contributed by atoms with van der Waals surface area (Å²) in [6, 6.07) is 0. The molecule has 72 heavy (non-hydrogen) atoms. The fraction of sp³-hybridized carbons (Fsp3) is 0.650. The first-order chi connectivity index (χ1) is 35.2. The summed E-state index contributed by atoms with van der Waals surface area (Å²) in [7, 11) is -4.77. The molecule has 0 fully saturated rings. The molecule has 0 amide bonds. The maximum absolute atomic E-state index is 12.9. The number of aliphatic hydroxyl groups excluding tert-OH is 1. The van der Waals surface area contributed by atoms with Crippen LogP contribution in [0, 0.1) is 0 Å². The summed E-state index contributed by atoms with van der Waals surface area (Å²) in [4.78, 5) is 48.5. The molecule has 410 valence electrons. The molecule has 0 radical (unpaired) electrons. The molecule has 0 aliphatic heterocycles. The van der Waals surface area contributed by atoms with Crippen molar-refractivity contribution in [3.63, 3.8) is 0 Å². The van der Waals surface area contributed by atoms with E-state index in [1.807, 2.05) is 0 Å². The molecule has 0 aromatic carbocycles. The van der Waals surface area contributed by atoms with Crippen molar-refractivity contribution in [1.29, 1.82) is 0 Å². The van der Waals surface area contributed by atoms with Crippen LogP contribution < -0.4 is 0 Å². The van der Waals surface area contributed by atoms with Crippen LogP contribution in [0.3, 0.4) is 0 Å². The summed E-state index contributed by atoms with van der Waals surface area (Å²) in [5.74, 6) is -1.54. The zero-order chi connectivity index (χ0) is 52.7. The van der Waals surface area contributed by atoms with Crippen LogP contribution in [0.5, 0.6) is 0 Å². The number of carbonyl (C=O) groups is 3. The fourth-order valence-electron chi connectivity index (χ4n) is 6.99. The van der Waals surface area contributed by atoms with Crippen LogP contribution in [-0.2, 0) is 42.2 Å². The van der Waals surface area contributed by atoms with Gasteiger partial charge in [0.05, 0.1) is 19.8 Å². The summed E-state index contributed by atoms with van der Waals surface area (Å²) < 4.78 is 39.4. The standard InChI is InChI=1S/C60H99O11P/c1-4-7-10-13-16-19-22-25-27-28-30-33-36-39-42-45-48-51-60(64)71-57(53-67-58(62)49-46-43-40-37-34-31-24-21-18-15-12-9-6-3)55-69-72(65,66)68-54-56(52-61)70-59(63)50-47-44-41-38-35-32-29-26-23-20-17-14-11-8-5-2/h7-8,10-12,15-17,19-21,24-27,29-30,33,56-57,61H,4-6,9,13-14,18,22-23,28,31-32,34-55H2,1-3H3,(H,65,66)/b10-7-,11-8-,15-12-,19-16-,20-17-,24-21-,27-25-,29-26-,33-30-. The highest BCUT2D eigenvalue weighted by Gasteiger charge is 2.28. The number of allylic oxidation sites excluding steroid dienone is 18. The predicted molar refractivity (Wildman–Crippen MR) is 297 cm³/mol. The zero-order valence-electron chi connectivity index (χ0n) is 45.1. The van der Waals surface area contributed by atoms with E-state index in [0.717, 1.165) is 154 Å². The van der Waals surface area contributed by atoms with Crippen molar-refractivity contribution in [3.05, 3.63) is 109 Å². The minimum atomic E-state index is -4.77. The lowest BCUT2D eigenvalue weighted by atomic mass is 10.1. The van der Waals surface area contributed by atoms with Crippen molar-refractivity contribution < 1.29 is 52.2 Å². The van der Waals surface area contributed by atoms with Gasteiger partial charge in [-0.15, -0.1) is 0 Å². The first kappa shape index (κ1) is 68.1.